The van der Waals surface area contributed by atoms with E-state index in [4.69, 9.17) is 4.74 Å². The number of rotatable bonds is 7. The molecule has 0 amide bonds. The fourth-order valence-electron chi connectivity index (χ4n) is 3.29. The van der Waals surface area contributed by atoms with E-state index in [0.29, 0.717) is 18.3 Å². The van der Waals surface area contributed by atoms with Crippen LogP contribution >= 0.6 is 11.3 Å². The van der Waals surface area contributed by atoms with Gasteiger partial charge in [0.2, 0.25) is 0 Å². The third-order valence-corrected chi connectivity index (χ3v) is 5.58. The predicted octanol–water partition coefficient (Wildman–Crippen LogP) is 3.48. The van der Waals surface area contributed by atoms with Crippen molar-refractivity contribution in [1.29, 1.82) is 0 Å². The largest absolute Gasteiger partial charge is 0.489 e. The summed E-state index contributed by atoms with van der Waals surface area (Å²) in [6, 6.07) is 8.72. The lowest BCUT2D eigenvalue weighted by Crippen LogP contribution is -2.49. The van der Waals surface area contributed by atoms with Crippen LogP contribution < -0.4 is 15.4 Å². The van der Waals surface area contributed by atoms with Gasteiger partial charge in [0, 0.05) is 32.7 Å². The zero-order valence-corrected chi connectivity index (χ0v) is 17.3. The Bertz CT molecular complexity index is 727. The van der Waals surface area contributed by atoms with Gasteiger partial charge in [0.25, 0.3) is 0 Å². The molecule has 28 heavy (non-hydrogen) atoms. The van der Waals surface area contributed by atoms with E-state index in [9.17, 15) is 4.39 Å². The highest BCUT2D eigenvalue weighted by molar-refractivity contribution is 7.07. The number of nitrogens with zero attached hydrogens (tertiary/aromatic N) is 2. The van der Waals surface area contributed by atoms with Crippen molar-refractivity contribution in [2.75, 3.05) is 26.7 Å². The Hall–Kier alpha value is -2.12. The molecule has 2 heterocycles. The molecule has 7 heteroatoms. The Morgan fingerprint density at radius 1 is 1.29 bits per heavy atom. The fraction of sp³-hybridized carbons (Fsp3) is 0.476. The number of aliphatic imine (C=N–C) groups is 1. The number of guanidine groups is 1. The summed E-state index contributed by atoms with van der Waals surface area (Å²) in [7, 11) is 1.78. The maximum absolute atomic E-state index is 13.0. The maximum Gasteiger partial charge on any atom is 0.191 e. The van der Waals surface area contributed by atoms with E-state index in [2.05, 4.69) is 37.4 Å². The second kappa shape index (κ2) is 10.4. The molecule has 5 nitrogen and oxygen atoms in total. The van der Waals surface area contributed by atoms with Crippen molar-refractivity contribution < 1.29 is 9.13 Å². The average Bonchev–Trinajstić information content (AvgIpc) is 3.21. The van der Waals surface area contributed by atoms with Crippen molar-refractivity contribution in [3.63, 3.8) is 0 Å². The van der Waals surface area contributed by atoms with Gasteiger partial charge in [0.05, 0.1) is 6.54 Å². The van der Waals surface area contributed by atoms with E-state index in [-0.39, 0.29) is 11.9 Å². The SMILES string of the molecule is CN=C(NCC(C)Oc1ccc(F)cc1)NC1CCN(Cc2ccsc2)CC1. The number of benzene rings is 1. The van der Waals surface area contributed by atoms with Crippen molar-refractivity contribution >= 4 is 17.3 Å². The second-order valence-electron chi connectivity index (χ2n) is 7.16. The summed E-state index contributed by atoms with van der Waals surface area (Å²) >= 11 is 1.76. The summed E-state index contributed by atoms with van der Waals surface area (Å²) in [6.45, 7) is 5.82. The lowest BCUT2D eigenvalue weighted by atomic mass is 10.0. The molecule has 0 aliphatic carbocycles. The van der Waals surface area contributed by atoms with Gasteiger partial charge in [-0.2, -0.15) is 11.3 Å². The molecule has 1 aliphatic heterocycles. The average molecular weight is 405 g/mol. The van der Waals surface area contributed by atoms with Crippen LogP contribution in [-0.4, -0.2) is 49.7 Å². The van der Waals surface area contributed by atoms with Crippen molar-refractivity contribution in [2.45, 2.75) is 38.5 Å². The summed E-state index contributed by atoms with van der Waals surface area (Å²) in [5.74, 6) is 1.20. The Kier molecular flexibility index (Phi) is 7.68. The first-order valence-corrected chi connectivity index (χ1v) is 10.7. The Balaban J connectivity index is 1.37. The van der Waals surface area contributed by atoms with Crippen LogP contribution in [-0.2, 0) is 6.54 Å². The van der Waals surface area contributed by atoms with E-state index in [1.54, 1.807) is 30.5 Å². The molecule has 0 saturated carbocycles. The molecular weight excluding hydrogens is 375 g/mol. The number of piperidine rings is 1. The lowest BCUT2D eigenvalue weighted by molar-refractivity contribution is 0.198. The third kappa shape index (κ3) is 6.49. The summed E-state index contributed by atoms with van der Waals surface area (Å²) in [6.07, 6.45) is 2.15. The number of hydrogen-bond donors (Lipinski definition) is 2. The number of nitrogens with one attached hydrogen (secondary N) is 2. The highest BCUT2D eigenvalue weighted by Crippen LogP contribution is 2.16. The molecule has 1 fully saturated rings. The van der Waals surface area contributed by atoms with Gasteiger partial charge in [-0.3, -0.25) is 9.89 Å². The monoisotopic (exact) mass is 404 g/mol. The first-order chi connectivity index (χ1) is 13.6. The smallest absolute Gasteiger partial charge is 0.191 e. The van der Waals surface area contributed by atoms with E-state index >= 15 is 0 Å². The standard InChI is InChI=1S/C21H29FN4OS/c1-16(27-20-5-3-18(22)4-6-20)13-24-21(23-2)25-19-7-10-26(11-8-19)14-17-9-12-28-15-17/h3-6,9,12,15-16,19H,7-8,10-11,13-14H2,1-2H3,(H2,23,24,25). The topological polar surface area (TPSA) is 48.9 Å². The molecule has 0 bridgehead atoms. The molecule has 0 radical (unpaired) electrons. The van der Waals surface area contributed by atoms with E-state index < -0.39 is 0 Å². The molecule has 1 saturated heterocycles. The minimum absolute atomic E-state index is 0.0588. The fourth-order valence-corrected chi connectivity index (χ4v) is 3.95. The molecule has 1 unspecified atom stereocenters. The number of thiophene rings is 1. The van der Waals surface area contributed by atoms with Crippen molar-refractivity contribution in [3.8, 4) is 5.75 Å². The van der Waals surface area contributed by atoms with Gasteiger partial charge >= 0.3 is 0 Å². The first-order valence-electron chi connectivity index (χ1n) is 9.75. The van der Waals surface area contributed by atoms with Gasteiger partial charge < -0.3 is 15.4 Å². The molecule has 1 aromatic heterocycles. The molecule has 3 rings (SSSR count). The summed E-state index contributed by atoms with van der Waals surface area (Å²) < 4.78 is 18.8. The maximum atomic E-state index is 13.0. The minimum Gasteiger partial charge on any atom is -0.489 e. The van der Waals surface area contributed by atoms with Crippen molar-refractivity contribution in [2.24, 2.45) is 4.99 Å². The normalized spacial score (nSPS) is 17.3. The van der Waals surface area contributed by atoms with Crippen molar-refractivity contribution in [1.82, 2.24) is 15.5 Å². The zero-order chi connectivity index (χ0) is 19.8. The van der Waals surface area contributed by atoms with Crippen LogP contribution in [0.3, 0.4) is 0 Å². The summed E-state index contributed by atoms with van der Waals surface area (Å²) in [5.41, 5.74) is 1.41. The Morgan fingerprint density at radius 3 is 2.68 bits per heavy atom. The van der Waals surface area contributed by atoms with E-state index in [0.717, 1.165) is 38.4 Å². The molecule has 152 valence electrons. The Morgan fingerprint density at radius 2 is 2.04 bits per heavy atom. The molecule has 1 aromatic carbocycles. The van der Waals surface area contributed by atoms with Crippen LogP contribution in [0.2, 0.25) is 0 Å². The number of ether oxygens (including phenoxy) is 1. The zero-order valence-electron chi connectivity index (χ0n) is 16.5. The van der Waals surface area contributed by atoms with Gasteiger partial charge in [-0.15, -0.1) is 0 Å². The number of hydrogen-bond acceptors (Lipinski definition) is 4. The molecular formula is C21H29FN4OS. The van der Waals surface area contributed by atoms with Crippen LogP contribution in [0.25, 0.3) is 0 Å². The van der Waals surface area contributed by atoms with Gasteiger partial charge in [0.1, 0.15) is 17.7 Å². The minimum atomic E-state index is -0.260. The predicted molar refractivity (Wildman–Crippen MR) is 114 cm³/mol. The van der Waals surface area contributed by atoms with E-state index in [1.807, 2.05) is 6.92 Å². The molecule has 1 aliphatic rings. The van der Waals surface area contributed by atoms with Gasteiger partial charge in [-0.1, -0.05) is 0 Å². The van der Waals surface area contributed by atoms with Crippen LogP contribution in [0.4, 0.5) is 4.39 Å². The Labute approximate surface area is 170 Å². The van der Waals surface area contributed by atoms with Crippen LogP contribution in [0.15, 0.2) is 46.1 Å². The van der Waals surface area contributed by atoms with Gasteiger partial charge in [0.15, 0.2) is 5.96 Å². The van der Waals surface area contributed by atoms with Crippen LogP contribution in [0.5, 0.6) is 5.75 Å². The molecule has 2 N–H and O–H groups in total. The van der Waals surface area contributed by atoms with Gasteiger partial charge in [-0.25, -0.2) is 4.39 Å². The molecule has 0 spiro atoms. The first kappa shape index (κ1) is 20.6. The molecule has 2 aromatic rings. The van der Waals surface area contributed by atoms with Gasteiger partial charge in [-0.05, 0) is 66.4 Å². The lowest BCUT2D eigenvalue weighted by Gasteiger charge is -2.33. The summed E-state index contributed by atoms with van der Waals surface area (Å²) in [5, 5.41) is 11.2. The number of likely N-dealkylation sites (tertiary alicyclic amines) is 1. The highest BCUT2D eigenvalue weighted by atomic mass is 32.1. The summed E-state index contributed by atoms with van der Waals surface area (Å²) in [4.78, 5) is 6.84. The highest BCUT2D eigenvalue weighted by Gasteiger charge is 2.20. The van der Waals surface area contributed by atoms with Crippen LogP contribution in [0.1, 0.15) is 25.3 Å². The molecule has 1 atom stereocenters. The van der Waals surface area contributed by atoms with E-state index in [1.165, 1.54) is 17.7 Å². The second-order valence-corrected chi connectivity index (χ2v) is 7.94. The quantitative estimate of drug-likeness (QED) is 0.548. The van der Waals surface area contributed by atoms with Crippen LogP contribution in [0, 0.1) is 5.82 Å². The van der Waals surface area contributed by atoms with Crippen molar-refractivity contribution in [3.05, 3.63) is 52.5 Å². The number of halogens is 1. The third-order valence-electron chi connectivity index (χ3n) is 4.85.